The lowest BCUT2D eigenvalue weighted by atomic mass is 9.89. The van der Waals surface area contributed by atoms with Gasteiger partial charge < -0.3 is 4.90 Å². The Morgan fingerprint density at radius 3 is 2.62 bits per heavy atom. The molecule has 1 aliphatic carbocycles. The number of nitrogens with zero attached hydrogens (tertiary/aromatic N) is 1. The van der Waals surface area contributed by atoms with E-state index in [1.165, 1.54) is 17.4 Å². The van der Waals surface area contributed by atoms with Gasteiger partial charge in [-0.2, -0.15) is 0 Å². The first-order valence-corrected chi connectivity index (χ1v) is 10.9. The van der Waals surface area contributed by atoms with Crippen LogP contribution in [0, 0.1) is 5.41 Å². The van der Waals surface area contributed by atoms with Crippen molar-refractivity contribution in [1.82, 2.24) is 4.90 Å². The summed E-state index contributed by atoms with van der Waals surface area (Å²) in [5, 5.41) is 0. The zero-order valence-electron chi connectivity index (χ0n) is 14.6. The number of sulfone groups is 1. The normalized spacial score (nSPS) is 22.1. The molecule has 0 N–H and O–H groups in total. The molecule has 0 saturated heterocycles. The van der Waals surface area contributed by atoms with Crippen molar-refractivity contribution >= 4 is 15.7 Å². The lowest BCUT2D eigenvalue weighted by Crippen LogP contribution is -2.41. The van der Waals surface area contributed by atoms with E-state index in [4.69, 9.17) is 0 Å². The van der Waals surface area contributed by atoms with Gasteiger partial charge in [0.15, 0.2) is 0 Å². The van der Waals surface area contributed by atoms with Gasteiger partial charge in [0, 0.05) is 19.2 Å². The fraction of sp³-hybridized carbons (Fsp3) is 0.632. The summed E-state index contributed by atoms with van der Waals surface area (Å²) in [5.41, 5.74) is 2.32. The van der Waals surface area contributed by atoms with E-state index in [0.717, 1.165) is 38.6 Å². The minimum absolute atomic E-state index is 0.129. The average molecular weight is 349 g/mol. The zero-order valence-corrected chi connectivity index (χ0v) is 15.4. The average Bonchev–Trinajstić information content (AvgIpc) is 3.24. The molecule has 0 spiro atoms. The summed E-state index contributed by atoms with van der Waals surface area (Å²) in [7, 11) is -3.04. The second-order valence-electron chi connectivity index (χ2n) is 7.59. The highest BCUT2D eigenvalue weighted by molar-refractivity contribution is 7.90. The molecule has 0 aromatic heterocycles. The quantitative estimate of drug-likeness (QED) is 0.793. The fourth-order valence-electron chi connectivity index (χ4n) is 4.06. The molecular weight excluding hydrogens is 322 g/mol. The number of rotatable bonds is 6. The fourth-order valence-corrected chi connectivity index (χ4v) is 5.57. The van der Waals surface area contributed by atoms with Crippen LogP contribution < -0.4 is 0 Å². The van der Waals surface area contributed by atoms with Gasteiger partial charge in [-0.1, -0.05) is 37.6 Å². The van der Waals surface area contributed by atoms with Crippen LogP contribution in [0.25, 0.3) is 0 Å². The molecule has 0 bridgehead atoms. The van der Waals surface area contributed by atoms with Gasteiger partial charge in [-0.3, -0.25) is 4.79 Å². The van der Waals surface area contributed by atoms with Crippen molar-refractivity contribution in [3.05, 3.63) is 35.4 Å². The van der Waals surface area contributed by atoms with E-state index in [0.29, 0.717) is 6.42 Å². The number of amides is 1. The molecule has 0 unspecified atom stereocenters. The van der Waals surface area contributed by atoms with Gasteiger partial charge in [0.05, 0.1) is 11.8 Å². The Hall–Kier alpha value is -1.36. The number of hydrogen-bond acceptors (Lipinski definition) is 3. The molecule has 0 radical (unpaired) electrons. The molecule has 1 aromatic rings. The molecule has 2 aliphatic rings. The minimum Gasteiger partial charge on any atom is -0.335 e. The van der Waals surface area contributed by atoms with Crippen LogP contribution in [0.2, 0.25) is 0 Å². The van der Waals surface area contributed by atoms with Crippen LogP contribution >= 0.6 is 0 Å². The monoisotopic (exact) mass is 349 g/mol. The first-order chi connectivity index (χ1) is 11.3. The number of carbonyl (C=O) groups excluding carboxylic acids is 1. The number of carbonyl (C=O) groups is 1. The van der Waals surface area contributed by atoms with Crippen LogP contribution in [0.5, 0.6) is 0 Å². The Kier molecular flexibility index (Phi) is 4.73. The third-order valence-electron chi connectivity index (χ3n) is 5.35. The third-order valence-corrected chi connectivity index (χ3v) is 6.48. The van der Waals surface area contributed by atoms with Crippen LogP contribution in [-0.4, -0.2) is 37.8 Å². The molecule has 3 rings (SSSR count). The third kappa shape index (κ3) is 3.82. The maximum absolute atomic E-state index is 13.0. The van der Waals surface area contributed by atoms with Crippen molar-refractivity contribution in [1.29, 1.82) is 0 Å². The predicted octanol–water partition coefficient (Wildman–Crippen LogP) is 3.13. The maximum atomic E-state index is 13.0. The van der Waals surface area contributed by atoms with Crippen molar-refractivity contribution in [3.8, 4) is 0 Å². The van der Waals surface area contributed by atoms with E-state index < -0.39 is 9.84 Å². The topological polar surface area (TPSA) is 54.5 Å². The molecule has 1 atom stereocenters. The maximum Gasteiger partial charge on any atom is 0.223 e. The number of fused-ring (bicyclic) bond motifs is 1. The first-order valence-electron chi connectivity index (χ1n) is 8.89. The molecule has 1 aromatic carbocycles. The molecule has 4 nitrogen and oxygen atoms in total. The van der Waals surface area contributed by atoms with E-state index in [-0.39, 0.29) is 23.1 Å². The van der Waals surface area contributed by atoms with E-state index in [9.17, 15) is 13.2 Å². The molecule has 1 fully saturated rings. The van der Waals surface area contributed by atoms with Gasteiger partial charge in [-0.15, -0.1) is 0 Å². The molecule has 1 aliphatic heterocycles. The Labute approximate surface area is 145 Å². The van der Waals surface area contributed by atoms with Gasteiger partial charge in [0.25, 0.3) is 0 Å². The van der Waals surface area contributed by atoms with Crippen molar-refractivity contribution < 1.29 is 13.2 Å². The SMILES string of the molecule is CCC[C@@H]1c2ccccc2CCN1C(=O)CC1(CS(C)(=O)=O)CC1. The Bertz CT molecular complexity index is 722. The number of hydrogen-bond donors (Lipinski definition) is 0. The van der Waals surface area contributed by atoms with Crippen molar-refractivity contribution in [2.75, 3.05) is 18.6 Å². The molecule has 132 valence electrons. The summed E-state index contributed by atoms with van der Waals surface area (Å²) >= 11 is 0. The summed E-state index contributed by atoms with van der Waals surface area (Å²) < 4.78 is 23.3. The van der Waals surface area contributed by atoms with E-state index in [1.54, 1.807) is 0 Å². The first kappa shape index (κ1) is 17.5. The summed E-state index contributed by atoms with van der Waals surface area (Å²) in [6.45, 7) is 2.89. The van der Waals surface area contributed by atoms with Gasteiger partial charge in [-0.05, 0) is 42.2 Å². The van der Waals surface area contributed by atoms with Crippen LogP contribution in [0.4, 0.5) is 0 Å². The van der Waals surface area contributed by atoms with Crippen LogP contribution in [-0.2, 0) is 21.1 Å². The van der Waals surface area contributed by atoms with Crippen LogP contribution in [0.15, 0.2) is 24.3 Å². The molecule has 1 heterocycles. The highest BCUT2D eigenvalue weighted by atomic mass is 32.2. The summed E-state index contributed by atoms with van der Waals surface area (Å²) in [4.78, 5) is 15.0. The molecule has 24 heavy (non-hydrogen) atoms. The van der Waals surface area contributed by atoms with Gasteiger partial charge in [0.1, 0.15) is 9.84 Å². The van der Waals surface area contributed by atoms with Crippen molar-refractivity contribution in [3.63, 3.8) is 0 Å². The highest BCUT2D eigenvalue weighted by Gasteiger charge is 2.48. The zero-order chi connectivity index (χ0) is 17.4. The van der Waals surface area contributed by atoms with Crippen LogP contribution in [0.3, 0.4) is 0 Å². The summed E-state index contributed by atoms with van der Waals surface area (Å²) in [6.07, 6.45) is 6.24. The summed E-state index contributed by atoms with van der Waals surface area (Å²) in [6, 6.07) is 8.54. The van der Waals surface area contributed by atoms with E-state index in [2.05, 4.69) is 25.1 Å². The summed E-state index contributed by atoms with van der Waals surface area (Å²) in [5.74, 6) is 0.276. The van der Waals surface area contributed by atoms with Gasteiger partial charge in [-0.25, -0.2) is 8.42 Å². The Morgan fingerprint density at radius 2 is 2.00 bits per heavy atom. The molecule has 5 heteroatoms. The standard InChI is InChI=1S/C19H27NO3S/c1-3-6-17-16-8-5-4-7-15(16)9-12-20(17)18(21)13-19(10-11-19)14-24(2,22)23/h4-5,7-8,17H,3,6,9-14H2,1-2H3/t17-/m1/s1. The molecule has 1 amide bonds. The highest BCUT2D eigenvalue weighted by Crippen LogP contribution is 2.50. The smallest absolute Gasteiger partial charge is 0.223 e. The predicted molar refractivity (Wildman–Crippen MR) is 95.5 cm³/mol. The lowest BCUT2D eigenvalue weighted by Gasteiger charge is -2.38. The largest absolute Gasteiger partial charge is 0.335 e. The van der Waals surface area contributed by atoms with Crippen LogP contribution in [0.1, 0.15) is 56.2 Å². The van der Waals surface area contributed by atoms with E-state index >= 15 is 0 Å². The van der Waals surface area contributed by atoms with Crippen molar-refractivity contribution in [2.45, 2.75) is 51.5 Å². The lowest BCUT2D eigenvalue weighted by molar-refractivity contribution is -0.135. The molecule has 1 saturated carbocycles. The number of benzene rings is 1. The second-order valence-corrected chi connectivity index (χ2v) is 9.73. The Morgan fingerprint density at radius 1 is 1.29 bits per heavy atom. The molecular formula is C19H27NO3S. The van der Waals surface area contributed by atoms with Crippen molar-refractivity contribution in [2.24, 2.45) is 5.41 Å². The van der Waals surface area contributed by atoms with Gasteiger partial charge in [0.2, 0.25) is 5.91 Å². The van der Waals surface area contributed by atoms with Gasteiger partial charge >= 0.3 is 0 Å². The Balaban J connectivity index is 1.77. The minimum atomic E-state index is -3.04. The van der Waals surface area contributed by atoms with E-state index in [1.807, 2.05) is 11.0 Å². The second kappa shape index (κ2) is 6.51.